The van der Waals surface area contributed by atoms with Crippen molar-refractivity contribution >= 4 is 18.0 Å². The molecule has 1 heterocycles. The van der Waals surface area contributed by atoms with Gasteiger partial charge in [-0.3, -0.25) is 14.5 Å². The number of carbonyl (C=O) groups is 2. The molecule has 0 atom stereocenters. The summed E-state index contributed by atoms with van der Waals surface area (Å²) in [5.74, 6) is 0.552. The van der Waals surface area contributed by atoms with Crippen LogP contribution in [0.2, 0.25) is 0 Å². The van der Waals surface area contributed by atoms with Gasteiger partial charge in [0.05, 0.1) is 27.9 Å². The van der Waals surface area contributed by atoms with Gasteiger partial charge in [-0.25, -0.2) is 0 Å². The van der Waals surface area contributed by atoms with Gasteiger partial charge in [0, 0.05) is 32.3 Å². The summed E-state index contributed by atoms with van der Waals surface area (Å²) in [7, 11) is 4.60. The van der Waals surface area contributed by atoms with Crippen LogP contribution in [0.3, 0.4) is 0 Å². The van der Waals surface area contributed by atoms with E-state index in [9.17, 15) is 9.59 Å². The minimum Gasteiger partial charge on any atom is -0.493 e. The Bertz CT molecular complexity index is 655. The first-order valence-corrected chi connectivity index (χ1v) is 8.19. The average Bonchev–Trinajstić information content (AvgIpc) is 2.65. The van der Waals surface area contributed by atoms with Crippen LogP contribution >= 0.6 is 0 Å². The fraction of sp³-hybridized carbons (Fsp3) is 0.444. The second-order valence-corrected chi connectivity index (χ2v) is 5.79. The van der Waals surface area contributed by atoms with Crippen LogP contribution in [-0.4, -0.2) is 80.8 Å². The quantitative estimate of drug-likeness (QED) is 0.721. The second kappa shape index (κ2) is 9.10. The minimum atomic E-state index is -0.855. The van der Waals surface area contributed by atoms with Gasteiger partial charge in [0.1, 0.15) is 0 Å². The standard InChI is InChI=1S/C18H24N2O6/c1-24-14-10-13(11-15(25-2)18(14)26-3)4-5-16(21)20-8-6-19(7-9-20)12-17(22)23/h4-5,10-11H,6-9,12H2,1-3H3,(H,22,23). The van der Waals surface area contributed by atoms with E-state index in [1.165, 1.54) is 27.4 Å². The number of aliphatic carboxylic acids is 1. The minimum absolute atomic E-state index is 0.00328. The summed E-state index contributed by atoms with van der Waals surface area (Å²) < 4.78 is 15.9. The lowest BCUT2D eigenvalue weighted by Crippen LogP contribution is -2.49. The van der Waals surface area contributed by atoms with Gasteiger partial charge in [-0.05, 0) is 23.8 Å². The van der Waals surface area contributed by atoms with Gasteiger partial charge in [-0.1, -0.05) is 0 Å². The molecule has 1 aromatic carbocycles. The molecule has 8 nitrogen and oxygen atoms in total. The van der Waals surface area contributed by atoms with E-state index >= 15 is 0 Å². The van der Waals surface area contributed by atoms with Gasteiger partial charge >= 0.3 is 5.97 Å². The number of carbonyl (C=O) groups excluding carboxylic acids is 1. The normalized spacial score (nSPS) is 15.1. The van der Waals surface area contributed by atoms with Gasteiger partial charge in [0.2, 0.25) is 11.7 Å². The van der Waals surface area contributed by atoms with Crippen molar-refractivity contribution in [2.45, 2.75) is 0 Å². The number of hydrogen-bond donors (Lipinski definition) is 1. The molecule has 142 valence electrons. The first kappa shape index (κ1) is 19.6. The molecule has 26 heavy (non-hydrogen) atoms. The van der Waals surface area contributed by atoms with E-state index in [4.69, 9.17) is 19.3 Å². The predicted molar refractivity (Wildman–Crippen MR) is 95.8 cm³/mol. The third-order valence-electron chi connectivity index (χ3n) is 4.15. The molecule has 0 aromatic heterocycles. The number of carboxylic acid groups (broad SMARTS) is 1. The number of carboxylic acids is 1. The Labute approximate surface area is 152 Å². The highest BCUT2D eigenvalue weighted by atomic mass is 16.5. The number of benzene rings is 1. The highest BCUT2D eigenvalue weighted by molar-refractivity contribution is 5.92. The van der Waals surface area contributed by atoms with Crippen molar-refractivity contribution in [1.82, 2.24) is 9.80 Å². The topological polar surface area (TPSA) is 88.5 Å². The van der Waals surface area contributed by atoms with Gasteiger partial charge < -0.3 is 24.2 Å². The average molecular weight is 364 g/mol. The molecule has 2 rings (SSSR count). The van der Waals surface area contributed by atoms with E-state index in [2.05, 4.69) is 0 Å². The molecule has 0 aliphatic carbocycles. The fourth-order valence-electron chi connectivity index (χ4n) is 2.79. The lowest BCUT2D eigenvalue weighted by Gasteiger charge is -2.33. The Morgan fingerprint density at radius 3 is 2.08 bits per heavy atom. The van der Waals surface area contributed by atoms with Gasteiger partial charge in [-0.2, -0.15) is 0 Å². The number of methoxy groups -OCH3 is 3. The first-order valence-electron chi connectivity index (χ1n) is 8.19. The van der Waals surface area contributed by atoms with Crippen molar-refractivity contribution in [2.75, 3.05) is 54.1 Å². The molecule has 1 saturated heterocycles. The Morgan fingerprint density at radius 1 is 1.04 bits per heavy atom. The Kier molecular flexibility index (Phi) is 6.85. The summed E-state index contributed by atoms with van der Waals surface area (Å²) in [6.45, 7) is 2.12. The van der Waals surface area contributed by atoms with Crippen LogP contribution in [-0.2, 0) is 9.59 Å². The smallest absolute Gasteiger partial charge is 0.317 e. The summed E-state index contributed by atoms with van der Waals surface area (Å²) >= 11 is 0. The van der Waals surface area contributed by atoms with Crippen LogP contribution in [0.25, 0.3) is 6.08 Å². The SMILES string of the molecule is COc1cc(C=CC(=O)N2CCN(CC(=O)O)CC2)cc(OC)c1OC. The van der Waals surface area contributed by atoms with Crippen molar-refractivity contribution in [3.8, 4) is 17.2 Å². The maximum atomic E-state index is 12.3. The number of rotatable bonds is 7. The zero-order chi connectivity index (χ0) is 19.1. The molecule has 1 aliphatic heterocycles. The van der Waals surface area contributed by atoms with Gasteiger partial charge in [-0.15, -0.1) is 0 Å². The number of piperazine rings is 1. The number of hydrogen-bond acceptors (Lipinski definition) is 6. The van der Waals surface area contributed by atoms with Gasteiger partial charge in [0.25, 0.3) is 0 Å². The Balaban J connectivity index is 2.03. The summed E-state index contributed by atoms with van der Waals surface area (Å²) in [5, 5.41) is 8.81. The van der Waals surface area contributed by atoms with Crippen molar-refractivity contribution < 1.29 is 28.9 Å². The van der Waals surface area contributed by atoms with E-state index in [-0.39, 0.29) is 12.5 Å². The van der Waals surface area contributed by atoms with Crippen LogP contribution in [0, 0.1) is 0 Å². The fourth-order valence-corrected chi connectivity index (χ4v) is 2.79. The Hall–Kier alpha value is -2.74. The van der Waals surface area contributed by atoms with Crippen molar-refractivity contribution in [1.29, 1.82) is 0 Å². The van der Waals surface area contributed by atoms with Crippen molar-refractivity contribution in [3.63, 3.8) is 0 Å². The van der Waals surface area contributed by atoms with E-state index < -0.39 is 5.97 Å². The molecule has 1 N–H and O–H groups in total. The zero-order valence-electron chi connectivity index (χ0n) is 15.2. The van der Waals surface area contributed by atoms with Crippen LogP contribution in [0.1, 0.15) is 5.56 Å². The third-order valence-corrected chi connectivity index (χ3v) is 4.15. The van der Waals surface area contributed by atoms with Crippen LogP contribution in [0.4, 0.5) is 0 Å². The molecule has 0 unspecified atom stereocenters. The molecule has 1 aliphatic rings. The second-order valence-electron chi connectivity index (χ2n) is 5.79. The molecule has 8 heteroatoms. The van der Waals surface area contributed by atoms with Crippen molar-refractivity contribution in [3.05, 3.63) is 23.8 Å². The molecule has 1 amide bonds. The number of amides is 1. The molecule has 0 spiro atoms. The maximum Gasteiger partial charge on any atom is 0.317 e. The molecular formula is C18H24N2O6. The molecule has 1 aromatic rings. The predicted octanol–water partition coefficient (Wildman–Crippen LogP) is 0.954. The summed E-state index contributed by atoms with van der Waals surface area (Å²) in [6, 6.07) is 3.52. The van der Waals surface area contributed by atoms with E-state index in [0.29, 0.717) is 43.4 Å². The van der Waals surface area contributed by atoms with E-state index in [0.717, 1.165) is 5.56 Å². The van der Waals surface area contributed by atoms with Crippen LogP contribution in [0.15, 0.2) is 18.2 Å². The molecule has 0 saturated carbocycles. The van der Waals surface area contributed by atoms with E-state index in [1.54, 1.807) is 23.1 Å². The molecular weight excluding hydrogens is 340 g/mol. The zero-order valence-corrected chi connectivity index (χ0v) is 15.2. The molecule has 0 radical (unpaired) electrons. The maximum absolute atomic E-state index is 12.3. The summed E-state index contributed by atoms with van der Waals surface area (Å²) in [5.41, 5.74) is 0.748. The number of ether oxygens (including phenoxy) is 3. The summed E-state index contributed by atoms with van der Waals surface area (Å²) in [4.78, 5) is 26.6. The molecule has 1 fully saturated rings. The van der Waals surface area contributed by atoms with Crippen LogP contribution < -0.4 is 14.2 Å². The molecule has 0 bridgehead atoms. The first-order chi connectivity index (χ1) is 12.5. The van der Waals surface area contributed by atoms with Crippen molar-refractivity contribution in [2.24, 2.45) is 0 Å². The van der Waals surface area contributed by atoms with E-state index in [1.807, 2.05) is 4.90 Å². The van der Waals surface area contributed by atoms with Gasteiger partial charge in [0.15, 0.2) is 11.5 Å². The van der Waals surface area contributed by atoms with Crippen LogP contribution in [0.5, 0.6) is 17.2 Å². The number of nitrogens with zero attached hydrogens (tertiary/aromatic N) is 2. The lowest BCUT2D eigenvalue weighted by atomic mass is 10.1. The largest absolute Gasteiger partial charge is 0.493 e. The lowest BCUT2D eigenvalue weighted by molar-refractivity contribution is -0.139. The third kappa shape index (κ3) is 4.89. The Morgan fingerprint density at radius 2 is 1.62 bits per heavy atom. The summed E-state index contributed by atoms with van der Waals surface area (Å²) in [6.07, 6.45) is 3.18. The highest BCUT2D eigenvalue weighted by Gasteiger charge is 2.21. The monoisotopic (exact) mass is 364 g/mol. The highest BCUT2D eigenvalue weighted by Crippen LogP contribution is 2.38.